The molecule has 0 aliphatic carbocycles. The van der Waals surface area contributed by atoms with E-state index in [-0.39, 0.29) is 18.1 Å². The number of halogens is 2. The maximum Gasteiger partial charge on any atom is 0.132 e. The predicted octanol–water partition coefficient (Wildman–Crippen LogP) is 3.79. The Morgan fingerprint density at radius 2 is 1.03 bits per heavy atom. The van der Waals surface area contributed by atoms with Crippen LogP contribution in [0.2, 0.25) is 5.15 Å². The van der Waals surface area contributed by atoms with Gasteiger partial charge in [0.2, 0.25) is 0 Å². The summed E-state index contributed by atoms with van der Waals surface area (Å²) in [6, 6.07) is 42.9. The van der Waals surface area contributed by atoms with Crippen LogP contribution in [0, 0.1) is 0 Å². The van der Waals surface area contributed by atoms with Crippen molar-refractivity contribution in [2.24, 2.45) is 0 Å². The van der Waals surface area contributed by atoms with Gasteiger partial charge in [-0.25, -0.2) is 0 Å². The van der Waals surface area contributed by atoms with Crippen LogP contribution >= 0.6 is 18.9 Å². The Morgan fingerprint density at radius 1 is 0.647 bits per heavy atom. The Morgan fingerprint density at radius 3 is 1.44 bits per heavy atom. The van der Waals surface area contributed by atoms with Crippen LogP contribution in [0.5, 0.6) is 0 Å². The first kappa shape index (κ1) is 24.2. The SMILES string of the molecule is CC(c1c(-c2ccccc2)n[nH]c1Cl)[P+](c1ccccc1)(c1ccccc1)c1ccccc1.[Cl-]. The number of nitrogens with zero attached hydrogens (tertiary/aromatic N) is 1. The lowest BCUT2D eigenvalue weighted by Gasteiger charge is -2.33. The highest BCUT2D eigenvalue weighted by Gasteiger charge is 2.52. The quantitative estimate of drug-likeness (QED) is 0.351. The zero-order chi connectivity index (χ0) is 22.7. The third kappa shape index (κ3) is 4.18. The summed E-state index contributed by atoms with van der Waals surface area (Å²) < 4.78 is 0. The van der Waals surface area contributed by atoms with Gasteiger partial charge < -0.3 is 12.4 Å². The Balaban J connectivity index is 0.00000274. The predicted molar refractivity (Wildman–Crippen MR) is 143 cm³/mol. The molecule has 0 spiro atoms. The average Bonchev–Trinajstić information content (AvgIpc) is 3.28. The van der Waals surface area contributed by atoms with Gasteiger partial charge in [-0.2, -0.15) is 5.10 Å². The van der Waals surface area contributed by atoms with E-state index in [9.17, 15) is 0 Å². The van der Waals surface area contributed by atoms with Crippen LogP contribution in [0.25, 0.3) is 11.3 Å². The molecule has 1 aromatic heterocycles. The van der Waals surface area contributed by atoms with Gasteiger partial charge in [0.1, 0.15) is 39.7 Å². The summed E-state index contributed by atoms with van der Waals surface area (Å²) in [5.74, 6) is 0. The lowest BCUT2D eigenvalue weighted by Crippen LogP contribution is -3.00. The number of hydrogen-bond donors (Lipinski definition) is 1. The molecule has 1 heterocycles. The van der Waals surface area contributed by atoms with Crippen LogP contribution in [0.4, 0.5) is 0 Å². The average molecular weight is 503 g/mol. The van der Waals surface area contributed by atoms with Gasteiger partial charge in [-0.05, 0) is 43.3 Å². The molecule has 5 aromatic rings. The lowest BCUT2D eigenvalue weighted by molar-refractivity contribution is -0.00000638. The van der Waals surface area contributed by atoms with Gasteiger partial charge in [0.15, 0.2) is 0 Å². The Kier molecular flexibility index (Phi) is 7.54. The van der Waals surface area contributed by atoms with E-state index in [0.29, 0.717) is 5.15 Å². The third-order valence-electron chi connectivity index (χ3n) is 6.29. The van der Waals surface area contributed by atoms with Crippen molar-refractivity contribution in [1.82, 2.24) is 10.2 Å². The molecule has 0 bridgehead atoms. The van der Waals surface area contributed by atoms with Crippen molar-refractivity contribution >= 4 is 34.8 Å². The minimum Gasteiger partial charge on any atom is -1.00 e. The van der Waals surface area contributed by atoms with Gasteiger partial charge in [-0.15, -0.1) is 0 Å². The smallest absolute Gasteiger partial charge is 0.132 e. The summed E-state index contributed by atoms with van der Waals surface area (Å²) in [5, 5.41) is 12.3. The van der Waals surface area contributed by atoms with Crippen molar-refractivity contribution in [2.75, 3.05) is 0 Å². The lowest BCUT2D eigenvalue weighted by atomic mass is 10.1. The monoisotopic (exact) mass is 502 g/mol. The molecule has 0 aliphatic heterocycles. The summed E-state index contributed by atoms with van der Waals surface area (Å²) in [5.41, 5.74) is 3.13. The van der Waals surface area contributed by atoms with Gasteiger partial charge in [0, 0.05) is 5.56 Å². The van der Waals surface area contributed by atoms with Crippen molar-refractivity contribution in [1.29, 1.82) is 0 Å². The summed E-state index contributed by atoms with van der Waals surface area (Å²) in [4.78, 5) is 0. The van der Waals surface area contributed by atoms with Crippen molar-refractivity contribution in [3.8, 4) is 11.3 Å². The highest BCUT2D eigenvalue weighted by atomic mass is 35.5. The Labute approximate surface area is 212 Å². The molecule has 2 nitrogen and oxygen atoms in total. The molecule has 1 unspecified atom stereocenters. The summed E-state index contributed by atoms with van der Waals surface area (Å²) in [6.07, 6.45) is 0. The molecule has 170 valence electrons. The van der Waals surface area contributed by atoms with Gasteiger partial charge in [0.25, 0.3) is 0 Å². The maximum absolute atomic E-state index is 6.86. The summed E-state index contributed by atoms with van der Waals surface area (Å²) in [7, 11) is -2.15. The highest BCUT2D eigenvalue weighted by molar-refractivity contribution is 7.96. The number of aromatic amines is 1. The third-order valence-corrected chi connectivity index (χ3v) is 11.3. The van der Waals surface area contributed by atoms with E-state index in [2.05, 4.69) is 120 Å². The molecule has 0 amide bonds. The topological polar surface area (TPSA) is 28.7 Å². The second-order valence-corrected chi connectivity index (χ2v) is 12.2. The maximum atomic E-state index is 6.86. The van der Waals surface area contributed by atoms with E-state index in [4.69, 9.17) is 11.6 Å². The molecule has 0 radical (unpaired) electrons. The highest BCUT2D eigenvalue weighted by Crippen LogP contribution is 2.67. The molecule has 1 N–H and O–H groups in total. The fourth-order valence-electron chi connectivity index (χ4n) is 4.83. The fourth-order valence-corrected chi connectivity index (χ4v) is 10.0. The molecule has 0 saturated heterocycles. The molecule has 4 aromatic carbocycles. The zero-order valence-corrected chi connectivity index (χ0v) is 21.2. The Bertz CT molecular complexity index is 1230. The standard InChI is InChI=1S/C29H25ClN2P.ClH/c1-22(27-28(31-32-29(27)30)23-14-6-2-7-15-23)33(24-16-8-3-9-17-24,25-18-10-4-11-19-25)26-20-12-5-13-21-26;/h2-22H,1H3,(H,31,32);1H/q+1;/p-1. The van der Waals surface area contributed by atoms with E-state index in [0.717, 1.165) is 16.8 Å². The molecule has 0 aliphatic rings. The van der Waals surface area contributed by atoms with E-state index in [1.54, 1.807) is 0 Å². The largest absolute Gasteiger partial charge is 1.00 e. The first-order valence-electron chi connectivity index (χ1n) is 11.1. The molecule has 0 saturated carbocycles. The normalized spacial score (nSPS) is 12.1. The van der Waals surface area contributed by atoms with Gasteiger partial charge in [-0.3, -0.25) is 5.10 Å². The fraction of sp³-hybridized carbons (Fsp3) is 0.0690. The zero-order valence-electron chi connectivity index (χ0n) is 18.8. The van der Waals surface area contributed by atoms with Crippen LogP contribution in [-0.2, 0) is 0 Å². The van der Waals surface area contributed by atoms with Crippen molar-refractivity contribution in [3.63, 3.8) is 0 Å². The van der Waals surface area contributed by atoms with Crippen LogP contribution < -0.4 is 28.3 Å². The number of benzene rings is 4. The van der Waals surface area contributed by atoms with Crippen molar-refractivity contribution in [2.45, 2.75) is 12.6 Å². The second kappa shape index (κ2) is 10.6. The number of rotatable bonds is 6. The van der Waals surface area contributed by atoms with Gasteiger partial charge in [-0.1, -0.05) is 96.5 Å². The van der Waals surface area contributed by atoms with E-state index in [1.165, 1.54) is 15.9 Å². The first-order valence-corrected chi connectivity index (χ1v) is 13.3. The minimum atomic E-state index is -2.15. The van der Waals surface area contributed by atoms with E-state index >= 15 is 0 Å². The molecule has 34 heavy (non-hydrogen) atoms. The van der Waals surface area contributed by atoms with Crippen molar-refractivity contribution in [3.05, 3.63) is 132 Å². The first-order chi connectivity index (χ1) is 16.2. The molecular formula is C29H25Cl2N2P. The number of hydrogen-bond acceptors (Lipinski definition) is 1. The number of aromatic nitrogens is 2. The summed E-state index contributed by atoms with van der Waals surface area (Å²) in [6.45, 7) is 2.31. The van der Waals surface area contributed by atoms with Gasteiger partial charge >= 0.3 is 0 Å². The molecular weight excluding hydrogens is 478 g/mol. The molecule has 5 heteroatoms. The van der Waals surface area contributed by atoms with Gasteiger partial charge in [0.05, 0.1) is 5.56 Å². The molecule has 0 fully saturated rings. The second-order valence-electron chi connectivity index (χ2n) is 8.07. The number of nitrogens with one attached hydrogen (secondary N) is 1. The van der Waals surface area contributed by atoms with Crippen molar-refractivity contribution < 1.29 is 12.4 Å². The molecule has 1 atom stereocenters. The number of H-pyrrole nitrogens is 1. The van der Waals surface area contributed by atoms with E-state index in [1.807, 2.05) is 18.2 Å². The molecule has 5 rings (SSSR count). The summed E-state index contributed by atoms with van der Waals surface area (Å²) >= 11 is 6.86. The van der Waals surface area contributed by atoms with E-state index < -0.39 is 7.26 Å². The van der Waals surface area contributed by atoms with Crippen LogP contribution in [0.1, 0.15) is 18.1 Å². The van der Waals surface area contributed by atoms with Crippen LogP contribution in [0.15, 0.2) is 121 Å². The Hall–Kier alpha value is -2.90. The minimum absolute atomic E-state index is 0. The van der Waals surface area contributed by atoms with Crippen LogP contribution in [-0.4, -0.2) is 10.2 Å². The van der Waals surface area contributed by atoms with Crippen LogP contribution in [0.3, 0.4) is 0 Å².